The fourth-order valence-corrected chi connectivity index (χ4v) is 5.88. The van der Waals surface area contributed by atoms with Gasteiger partial charge in [0.2, 0.25) is 0 Å². The lowest BCUT2D eigenvalue weighted by Crippen LogP contribution is -2.40. The van der Waals surface area contributed by atoms with Crippen molar-refractivity contribution in [2.24, 2.45) is 10.9 Å². The van der Waals surface area contributed by atoms with Crippen molar-refractivity contribution >= 4 is 38.8 Å². The van der Waals surface area contributed by atoms with Gasteiger partial charge < -0.3 is 10.1 Å². The first-order valence-electron chi connectivity index (χ1n) is 10.1. The van der Waals surface area contributed by atoms with E-state index in [0.29, 0.717) is 21.6 Å². The quantitative estimate of drug-likeness (QED) is 0.613. The van der Waals surface area contributed by atoms with E-state index >= 15 is 0 Å². The Labute approximate surface area is 188 Å². The fourth-order valence-electron chi connectivity index (χ4n) is 4.34. The highest BCUT2D eigenvalue weighted by molar-refractivity contribution is 9.10. The van der Waals surface area contributed by atoms with Crippen LogP contribution in [0.5, 0.6) is 0 Å². The summed E-state index contributed by atoms with van der Waals surface area (Å²) >= 11 is 4.88. The standard InChI is InChI=1S/C23H24BrFN2O2S/c1-14(2)29-18-10-17-13-30-22(26-21(28)15-6-4-3-5-7-15)27-23(17,12-18)16-8-9-20(25)19(24)11-16/h3-9,11,14,17-18H,10,12-13H2,1-2H3,(H,26,27,28). The molecule has 7 heteroatoms. The van der Waals surface area contributed by atoms with Crippen LogP contribution in [-0.2, 0) is 10.3 Å². The van der Waals surface area contributed by atoms with Gasteiger partial charge in [0.15, 0.2) is 5.17 Å². The number of fused-ring (bicyclic) bond motifs is 1. The Morgan fingerprint density at radius 1 is 1.30 bits per heavy atom. The van der Waals surface area contributed by atoms with E-state index in [4.69, 9.17) is 9.73 Å². The number of hydrogen-bond donors (Lipinski definition) is 1. The SMILES string of the molecule is CC(C)OC1CC2CSC(NC(=O)c3ccccc3)=NC2(c2ccc(F)c(Br)c2)C1. The van der Waals surface area contributed by atoms with Crippen molar-refractivity contribution in [2.45, 2.75) is 44.4 Å². The van der Waals surface area contributed by atoms with Gasteiger partial charge >= 0.3 is 0 Å². The van der Waals surface area contributed by atoms with Gasteiger partial charge in [-0.3, -0.25) is 9.79 Å². The molecule has 1 heterocycles. The number of hydrogen-bond acceptors (Lipinski definition) is 4. The number of benzene rings is 2. The number of amidine groups is 1. The van der Waals surface area contributed by atoms with Crippen LogP contribution in [0.4, 0.5) is 4.39 Å². The molecular formula is C23H24BrFN2O2S. The number of aliphatic imine (C=N–C) groups is 1. The largest absolute Gasteiger partial charge is 0.375 e. The van der Waals surface area contributed by atoms with Crippen LogP contribution in [0.3, 0.4) is 0 Å². The van der Waals surface area contributed by atoms with Crippen LogP contribution < -0.4 is 5.32 Å². The second-order valence-electron chi connectivity index (χ2n) is 8.04. The normalized spacial score (nSPS) is 25.7. The van der Waals surface area contributed by atoms with Crippen LogP contribution in [0.15, 0.2) is 58.0 Å². The van der Waals surface area contributed by atoms with E-state index in [-0.39, 0.29) is 29.9 Å². The third kappa shape index (κ3) is 4.34. The Balaban J connectivity index is 1.68. The molecule has 3 unspecified atom stereocenters. The summed E-state index contributed by atoms with van der Waals surface area (Å²) in [5.74, 6) is 0.595. The average molecular weight is 491 g/mol. The summed E-state index contributed by atoms with van der Waals surface area (Å²) in [5.41, 5.74) is 0.997. The summed E-state index contributed by atoms with van der Waals surface area (Å²) in [4.78, 5) is 17.7. The van der Waals surface area contributed by atoms with Crippen molar-refractivity contribution in [2.75, 3.05) is 5.75 Å². The predicted molar refractivity (Wildman–Crippen MR) is 122 cm³/mol. The van der Waals surface area contributed by atoms with Crippen LogP contribution in [-0.4, -0.2) is 29.0 Å². The van der Waals surface area contributed by atoms with E-state index in [1.165, 1.54) is 6.07 Å². The third-order valence-electron chi connectivity index (χ3n) is 5.62. The number of halogens is 2. The lowest BCUT2D eigenvalue weighted by Gasteiger charge is -2.36. The van der Waals surface area contributed by atoms with Crippen LogP contribution >= 0.6 is 27.7 Å². The summed E-state index contributed by atoms with van der Waals surface area (Å²) in [5, 5.41) is 3.57. The van der Waals surface area contributed by atoms with Gasteiger partial charge in [0.1, 0.15) is 5.82 Å². The molecule has 0 saturated heterocycles. The van der Waals surface area contributed by atoms with Crippen molar-refractivity contribution in [3.63, 3.8) is 0 Å². The highest BCUT2D eigenvalue weighted by Crippen LogP contribution is 2.52. The van der Waals surface area contributed by atoms with Crippen molar-refractivity contribution in [1.82, 2.24) is 5.32 Å². The number of amides is 1. The fraction of sp³-hybridized carbons (Fsp3) is 0.391. The van der Waals surface area contributed by atoms with E-state index < -0.39 is 5.54 Å². The molecule has 0 spiro atoms. The molecule has 2 aromatic rings. The van der Waals surface area contributed by atoms with E-state index in [1.54, 1.807) is 30.0 Å². The Hall–Kier alpha value is -1.70. The summed E-state index contributed by atoms with van der Waals surface area (Å²) < 4.78 is 20.5. The predicted octanol–water partition coefficient (Wildman–Crippen LogP) is 5.52. The molecule has 0 radical (unpaired) electrons. The van der Waals surface area contributed by atoms with E-state index in [0.717, 1.165) is 17.7 Å². The van der Waals surface area contributed by atoms with E-state index in [9.17, 15) is 9.18 Å². The van der Waals surface area contributed by atoms with Crippen LogP contribution in [0.25, 0.3) is 0 Å². The molecule has 1 N–H and O–H groups in total. The molecule has 1 saturated carbocycles. The Morgan fingerprint density at radius 2 is 2.07 bits per heavy atom. The van der Waals surface area contributed by atoms with Gasteiger partial charge in [0.25, 0.3) is 5.91 Å². The van der Waals surface area contributed by atoms with Crippen molar-refractivity contribution < 1.29 is 13.9 Å². The minimum atomic E-state index is -0.541. The minimum absolute atomic E-state index is 0.0763. The molecule has 2 aliphatic rings. The molecule has 30 heavy (non-hydrogen) atoms. The lowest BCUT2D eigenvalue weighted by atomic mass is 9.81. The molecule has 158 valence electrons. The molecular weight excluding hydrogens is 467 g/mol. The first-order valence-corrected chi connectivity index (χ1v) is 11.9. The molecule has 0 aromatic heterocycles. The summed E-state index contributed by atoms with van der Waals surface area (Å²) in [7, 11) is 0. The molecule has 1 fully saturated rings. The molecule has 0 bridgehead atoms. The highest BCUT2D eigenvalue weighted by Gasteiger charge is 2.51. The number of nitrogens with one attached hydrogen (secondary N) is 1. The van der Waals surface area contributed by atoms with Gasteiger partial charge in [0, 0.05) is 23.7 Å². The lowest BCUT2D eigenvalue weighted by molar-refractivity contribution is 0.00846. The number of rotatable bonds is 4. The maximum Gasteiger partial charge on any atom is 0.257 e. The summed E-state index contributed by atoms with van der Waals surface area (Å²) in [6, 6.07) is 14.2. The molecule has 1 aliphatic heterocycles. The van der Waals surface area contributed by atoms with Gasteiger partial charge in [0.05, 0.1) is 22.2 Å². The third-order valence-corrected chi connectivity index (χ3v) is 7.27. The molecule has 4 nitrogen and oxygen atoms in total. The van der Waals surface area contributed by atoms with Crippen molar-refractivity contribution in [3.8, 4) is 0 Å². The topological polar surface area (TPSA) is 50.7 Å². The second-order valence-corrected chi connectivity index (χ2v) is 9.91. The summed E-state index contributed by atoms with van der Waals surface area (Å²) in [6.45, 7) is 4.07. The van der Waals surface area contributed by atoms with Gasteiger partial charge in [-0.1, -0.05) is 36.0 Å². The minimum Gasteiger partial charge on any atom is -0.375 e. The molecule has 2 aromatic carbocycles. The van der Waals surface area contributed by atoms with E-state index in [1.807, 2.05) is 38.1 Å². The van der Waals surface area contributed by atoms with Gasteiger partial charge in [-0.15, -0.1) is 0 Å². The number of carbonyl (C=O) groups excluding carboxylic acids is 1. The van der Waals surface area contributed by atoms with Crippen molar-refractivity contribution in [3.05, 3.63) is 69.9 Å². The zero-order valence-electron chi connectivity index (χ0n) is 16.9. The first kappa shape index (κ1) is 21.5. The Morgan fingerprint density at radius 3 is 2.77 bits per heavy atom. The van der Waals surface area contributed by atoms with Gasteiger partial charge in [-0.25, -0.2) is 4.39 Å². The average Bonchev–Trinajstić information content (AvgIpc) is 3.08. The van der Waals surface area contributed by atoms with Crippen molar-refractivity contribution in [1.29, 1.82) is 0 Å². The molecule has 1 amide bonds. The zero-order valence-corrected chi connectivity index (χ0v) is 19.3. The Kier molecular flexibility index (Phi) is 6.32. The smallest absolute Gasteiger partial charge is 0.257 e. The Bertz CT molecular complexity index is 969. The number of carbonyl (C=O) groups is 1. The monoisotopic (exact) mass is 490 g/mol. The van der Waals surface area contributed by atoms with Crippen LogP contribution in [0.2, 0.25) is 0 Å². The molecule has 4 rings (SSSR count). The number of thioether (sulfide) groups is 1. The first-order chi connectivity index (χ1) is 14.4. The summed E-state index contributed by atoms with van der Waals surface area (Å²) in [6.07, 6.45) is 1.80. The maximum atomic E-state index is 13.9. The second kappa shape index (κ2) is 8.81. The van der Waals surface area contributed by atoms with Gasteiger partial charge in [-0.05, 0) is 66.0 Å². The zero-order chi connectivity index (χ0) is 21.3. The maximum absolute atomic E-state index is 13.9. The number of nitrogens with zero attached hydrogens (tertiary/aromatic N) is 1. The van der Waals surface area contributed by atoms with Crippen LogP contribution in [0, 0.1) is 11.7 Å². The van der Waals surface area contributed by atoms with E-state index in [2.05, 4.69) is 21.2 Å². The molecule has 3 atom stereocenters. The number of ether oxygens (including phenoxy) is 1. The molecule has 1 aliphatic carbocycles. The van der Waals surface area contributed by atoms with Gasteiger partial charge in [-0.2, -0.15) is 0 Å². The highest BCUT2D eigenvalue weighted by atomic mass is 79.9. The van der Waals surface area contributed by atoms with Crippen LogP contribution in [0.1, 0.15) is 42.6 Å².